The van der Waals surface area contributed by atoms with E-state index in [0.717, 1.165) is 42.7 Å². The number of unbranched alkanes of at least 4 members (excludes halogenated alkanes) is 1. The second-order valence-electron chi connectivity index (χ2n) is 7.78. The smallest absolute Gasteiger partial charge is 0.261 e. The molecule has 160 valence electrons. The number of nitrogens with one attached hydrogen (secondary N) is 1. The van der Waals surface area contributed by atoms with Crippen molar-refractivity contribution in [3.63, 3.8) is 0 Å². The first-order chi connectivity index (χ1) is 15.0. The summed E-state index contributed by atoms with van der Waals surface area (Å²) in [7, 11) is 0. The lowest BCUT2D eigenvalue weighted by molar-refractivity contribution is 0.0652. The molecule has 1 N–H and O–H groups in total. The average molecular weight is 418 g/mol. The van der Waals surface area contributed by atoms with E-state index in [-0.39, 0.29) is 17.7 Å². The summed E-state index contributed by atoms with van der Waals surface area (Å²) in [5.74, 6) is 0.109. The SMILES string of the molecule is CCCCN1C(=O)c2ccc(C(=O)NCCCn3c(C)nc4ccccc43)cc2C1=O. The molecule has 0 radical (unpaired) electrons. The third-order valence-electron chi connectivity index (χ3n) is 5.66. The summed E-state index contributed by atoms with van der Waals surface area (Å²) in [6, 6.07) is 12.7. The van der Waals surface area contributed by atoms with Gasteiger partial charge >= 0.3 is 0 Å². The fourth-order valence-corrected chi connectivity index (χ4v) is 3.97. The first kappa shape index (κ1) is 20.8. The second kappa shape index (κ2) is 8.71. The number of nitrogens with zero attached hydrogens (tertiary/aromatic N) is 3. The molecule has 4 rings (SSSR count). The number of hydrogen-bond acceptors (Lipinski definition) is 4. The topological polar surface area (TPSA) is 84.3 Å². The van der Waals surface area contributed by atoms with Crippen LogP contribution in [0.3, 0.4) is 0 Å². The van der Waals surface area contributed by atoms with Gasteiger partial charge in [-0.15, -0.1) is 0 Å². The molecule has 2 heterocycles. The Morgan fingerprint density at radius 3 is 2.58 bits per heavy atom. The van der Waals surface area contributed by atoms with Crippen molar-refractivity contribution in [3.8, 4) is 0 Å². The van der Waals surface area contributed by atoms with Gasteiger partial charge in [0.15, 0.2) is 0 Å². The van der Waals surface area contributed by atoms with Crippen LogP contribution in [0.25, 0.3) is 11.0 Å². The van der Waals surface area contributed by atoms with Crippen LogP contribution >= 0.6 is 0 Å². The number of para-hydroxylation sites is 2. The molecule has 0 spiro atoms. The van der Waals surface area contributed by atoms with Crippen LogP contribution in [0.4, 0.5) is 0 Å². The van der Waals surface area contributed by atoms with Crippen LogP contribution < -0.4 is 5.32 Å². The molecule has 0 atom stereocenters. The highest BCUT2D eigenvalue weighted by Gasteiger charge is 2.35. The van der Waals surface area contributed by atoms with Crippen molar-refractivity contribution in [1.82, 2.24) is 19.8 Å². The Morgan fingerprint density at radius 2 is 1.77 bits per heavy atom. The number of aryl methyl sites for hydroxylation is 2. The summed E-state index contributed by atoms with van der Waals surface area (Å²) >= 11 is 0. The standard InChI is InChI=1S/C24H26N4O3/c1-3-4-13-28-23(30)18-11-10-17(15-19(18)24(28)31)22(29)25-12-7-14-27-16(2)26-20-8-5-6-9-21(20)27/h5-6,8-11,15H,3-4,7,12-14H2,1-2H3,(H,25,29). The summed E-state index contributed by atoms with van der Waals surface area (Å²) in [6.45, 7) is 5.64. The minimum atomic E-state index is -0.314. The van der Waals surface area contributed by atoms with E-state index < -0.39 is 0 Å². The summed E-state index contributed by atoms with van der Waals surface area (Å²) < 4.78 is 2.14. The lowest BCUT2D eigenvalue weighted by Gasteiger charge is -2.12. The summed E-state index contributed by atoms with van der Waals surface area (Å²) in [5, 5.41) is 2.91. The molecule has 0 bridgehead atoms. The number of hydrogen-bond donors (Lipinski definition) is 1. The van der Waals surface area contributed by atoms with Crippen molar-refractivity contribution in [1.29, 1.82) is 0 Å². The first-order valence-corrected chi connectivity index (χ1v) is 10.7. The fourth-order valence-electron chi connectivity index (χ4n) is 3.97. The summed E-state index contributed by atoms with van der Waals surface area (Å²) in [6.07, 6.45) is 2.42. The molecule has 3 aromatic rings. The van der Waals surface area contributed by atoms with Crippen LogP contribution in [0.1, 0.15) is 63.1 Å². The van der Waals surface area contributed by atoms with Gasteiger partial charge in [0.2, 0.25) is 0 Å². The lowest BCUT2D eigenvalue weighted by Crippen LogP contribution is -2.30. The maximum absolute atomic E-state index is 12.6. The molecule has 1 aliphatic rings. The normalized spacial score (nSPS) is 13.2. The average Bonchev–Trinajstić information content (AvgIpc) is 3.22. The van der Waals surface area contributed by atoms with E-state index >= 15 is 0 Å². The van der Waals surface area contributed by atoms with Gasteiger partial charge < -0.3 is 9.88 Å². The molecule has 0 saturated heterocycles. The molecule has 1 aromatic heterocycles. The molecular weight excluding hydrogens is 392 g/mol. The third kappa shape index (κ3) is 3.95. The predicted octanol–water partition coefficient (Wildman–Crippen LogP) is 3.56. The van der Waals surface area contributed by atoms with Crippen molar-refractivity contribution >= 4 is 28.8 Å². The zero-order chi connectivity index (χ0) is 22.0. The number of carbonyl (C=O) groups is 3. The molecule has 0 aliphatic carbocycles. The van der Waals surface area contributed by atoms with E-state index in [9.17, 15) is 14.4 Å². The summed E-state index contributed by atoms with van der Waals surface area (Å²) in [5.41, 5.74) is 3.13. The highest BCUT2D eigenvalue weighted by Crippen LogP contribution is 2.24. The van der Waals surface area contributed by atoms with E-state index in [1.54, 1.807) is 12.1 Å². The first-order valence-electron chi connectivity index (χ1n) is 10.7. The highest BCUT2D eigenvalue weighted by molar-refractivity contribution is 6.22. The molecule has 0 unspecified atom stereocenters. The molecule has 2 aromatic carbocycles. The Kier molecular flexibility index (Phi) is 5.84. The van der Waals surface area contributed by atoms with Crippen molar-refractivity contribution in [2.45, 2.75) is 39.7 Å². The molecule has 7 nitrogen and oxygen atoms in total. The molecule has 7 heteroatoms. The van der Waals surface area contributed by atoms with E-state index in [1.165, 1.54) is 11.0 Å². The van der Waals surface area contributed by atoms with Crippen LogP contribution in [-0.2, 0) is 6.54 Å². The predicted molar refractivity (Wildman–Crippen MR) is 118 cm³/mol. The van der Waals surface area contributed by atoms with Gasteiger partial charge in [0.1, 0.15) is 5.82 Å². The van der Waals surface area contributed by atoms with E-state index in [4.69, 9.17) is 0 Å². The largest absolute Gasteiger partial charge is 0.352 e. The lowest BCUT2D eigenvalue weighted by atomic mass is 10.1. The van der Waals surface area contributed by atoms with Crippen molar-refractivity contribution < 1.29 is 14.4 Å². The van der Waals surface area contributed by atoms with Crippen LogP contribution in [0, 0.1) is 6.92 Å². The highest BCUT2D eigenvalue weighted by atomic mass is 16.2. The zero-order valence-corrected chi connectivity index (χ0v) is 17.9. The number of imidazole rings is 1. The molecule has 31 heavy (non-hydrogen) atoms. The Balaban J connectivity index is 1.37. The maximum Gasteiger partial charge on any atom is 0.261 e. The van der Waals surface area contributed by atoms with Crippen LogP contribution in [0.15, 0.2) is 42.5 Å². The van der Waals surface area contributed by atoms with E-state index in [2.05, 4.69) is 14.9 Å². The Labute approximate surface area is 181 Å². The van der Waals surface area contributed by atoms with Crippen LogP contribution in [0.2, 0.25) is 0 Å². The molecule has 0 fully saturated rings. The number of fused-ring (bicyclic) bond motifs is 2. The number of amides is 3. The number of imide groups is 1. The molecular formula is C24H26N4O3. The molecule has 1 aliphatic heterocycles. The van der Waals surface area contributed by atoms with Crippen LogP contribution in [-0.4, -0.2) is 45.3 Å². The maximum atomic E-state index is 12.6. The number of rotatable bonds is 8. The minimum absolute atomic E-state index is 0.248. The summed E-state index contributed by atoms with van der Waals surface area (Å²) in [4.78, 5) is 43.4. The van der Waals surface area contributed by atoms with Gasteiger partial charge in [-0.1, -0.05) is 25.5 Å². The minimum Gasteiger partial charge on any atom is -0.352 e. The second-order valence-corrected chi connectivity index (χ2v) is 7.78. The Bertz CT molecular complexity index is 1160. The van der Waals surface area contributed by atoms with Gasteiger partial charge in [0, 0.05) is 25.2 Å². The van der Waals surface area contributed by atoms with Crippen molar-refractivity contribution in [2.75, 3.05) is 13.1 Å². The molecule has 3 amide bonds. The fraction of sp³-hybridized carbons (Fsp3) is 0.333. The van der Waals surface area contributed by atoms with Crippen LogP contribution in [0.5, 0.6) is 0 Å². The van der Waals surface area contributed by atoms with Gasteiger partial charge in [-0.3, -0.25) is 19.3 Å². The third-order valence-corrected chi connectivity index (χ3v) is 5.66. The van der Waals surface area contributed by atoms with E-state index in [0.29, 0.717) is 29.8 Å². The van der Waals surface area contributed by atoms with Gasteiger partial charge in [-0.25, -0.2) is 4.98 Å². The number of carbonyl (C=O) groups excluding carboxylic acids is 3. The van der Waals surface area contributed by atoms with Crippen molar-refractivity contribution in [2.24, 2.45) is 0 Å². The number of aromatic nitrogens is 2. The number of benzene rings is 2. The Hall–Kier alpha value is -3.48. The van der Waals surface area contributed by atoms with Gasteiger partial charge in [0.25, 0.3) is 17.7 Å². The molecule has 0 saturated carbocycles. The van der Waals surface area contributed by atoms with Gasteiger partial charge in [0.05, 0.1) is 22.2 Å². The van der Waals surface area contributed by atoms with E-state index in [1.807, 2.05) is 38.1 Å². The quantitative estimate of drug-likeness (QED) is 0.448. The van der Waals surface area contributed by atoms with Crippen molar-refractivity contribution in [3.05, 3.63) is 65.0 Å². The zero-order valence-electron chi connectivity index (χ0n) is 17.9. The Morgan fingerprint density at radius 1 is 1.00 bits per heavy atom. The van der Waals surface area contributed by atoms with Gasteiger partial charge in [-0.2, -0.15) is 0 Å². The monoisotopic (exact) mass is 418 g/mol. The van der Waals surface area contributed by atoms with Gasteiger partial charge in [-0.05, 0) is 50.1 Å².